The van der Waals surface area contributed by atoms with E-state index in [9.17, 15) is 0 Å². The van der Waals surface area contributed by atoms with Gasteiger partial charge in [-0.3, -0.25) is 0 Å². The van der Waals surface area contributed by atoms with Crippen molar-refractivity contribution in [1.29, 1.82) is 0 Å². The summed E-state index contributed by atoms with van der Waals surface area (Å²) >= 11 is 4.41. The first-order chi connectivity index (χ1) is 3.41. The van der Waals surface area contributed by atoms with E-state index >= 15 is 0 Å². The van der Waals surface area contributed by atoms with Crippen LogP contribution in [0.2, 0.25) is 0 Å². The lowest BCUT2D eigenvalue weighted by molar-refractivity contribution is 0.897. The van der Waals surface area contributed by atoms with Crippen molar-refractivity contribution in [1.82, 2.24) is 0 Å². The smallest absolute Gasteiger partial charge is 0.0454 e. The highest BCUT2D eigenvalue weighted by atomic mass is 127. The van der Waals surface area contributed by atoms with Crippen molar-refractivity contribution < 1.29 is 0 Å². The van der Waals surface area contributed by atoms with Crippen LogP contribution in [0.15, 0.2) is 0 Å². The monoisotopic (exact) mass is 230 g/mol. The van der Waals surface area contributed by atoms with Crippen molar-refractivity contribution in [2.75, 3.05) is 9.51 Å². The Labute approximate surface area is 63.6 Å². The first kappa shape index (κ1) is 8.08. The molecule has 0 rings (SSSR count). The summed E-state index contributed by atoms with van der Waals surface area (Å²) in [7, 11) is 0. The van der Waals surface area contributed by atoms with Gasteiger partial charge in [0.2, 0.25) is 0 Å². The second-order valence-corrected chi connectivity index (χ2v) is 4.27. The van der Waals surface area contributed by atoms with Crippen LogP contribution in [0.1, 0.15) is 19.8 Å². The third-order valence-electron chi connectivity index (χ3n) is 0.719. The highest BCUT2D eigenvalue weighted by molar-refractivity contribution is 14.1. The Hall–Kier alpha value is 1.08. The van der Waals surface area contributed by atoms with Gasteiger partial charge in [0.1, 0.15) is 0 Å². The Morgan fingerprint density at radius 2 is 2.29 bits per heavy atom. The molecule has 0 aromatic heterocycles. The second-order valence-electron chi connectivity index (χ2n) is 1.37. The van der Waals surface area contributed by atoms with E-state index in [0.717, 1.165) is 0 Å². The SMILES string of the molecule is CCCCSCI. The van der Waals surface area contributed by atoms with E-state index in [2.05, 4.69) is 29.5 Å². The molecule has 0 amide bonds. The number of rotatable bonds is 4. The molecule has 0 nitrogen and oxygen atoms in total. The molecule has 0 aliphatic carbocycles. The summed E-state index contributed by atoms with van der Waals surface area (Å²) in [6.45, 7) is 2.23. The van der Waals surface area contributed by atoms with Crippen LogP contribution in [-0.4, -0.2) is 9.51 Å². The van der Waals surface area contributed by atoms with Gasteiger partial charge in [0, 0.05) is 3.76 Å². The zero-order valence-corrected chi connectivity index (χ0v) is 7.59. The Balaban J connectivity index is 2.45. The second kappa shape index (κ2) is 7.08. The molecule has 0 aliphatic rings. The zero-order valence-electron chi connectivity index (χ0n) is 4.61. The fraction of sp³-hybridized carbons (Fsp3) is 1.00. The van der Waals surface area contributed by atoms with Gasteiger partial charge in [-0.1, -0.05) is 35.9 Å². The summed E-state index contributed by atoms with van der Waals surface area (Å²) in [6, 6.07) is 0. The van der Waals surface area contributed by atoms with Crippen molar-refractivity contribution in [2.24, 2.45) is 0 Å². The molecule has 0 spiro atoms. The molecular formula is C5H11IS. The van der Waals surface area contributed by atoms with Gasteiger partial charge < -0.3 is 0 Å². The third kappa shape index (κ3) is 7.08. The van der Waals surface area contributed by atoms with Gasteiger partial charge >= 0.3 is 0 Å². The summed E-state index contributed by atoms with van der Waals surface area (Å²) in [5.74, 6) is 1.35. The average molecular weight is 230 g/mol. The van der Waals surface area contributed by atoms with E-state index in [1.165, 1.54) is 22.4 Å². The average Bonchev–Trinajstić information content (AvgIpc) is 1.69. The van der Waals surface area contributed by atoms with E-state index in [1.807, 2.05) is 11.8 Å². The minimum absolute atomic E-state index is 1.25. The molecule has 0 saturated heterocycles. The predicted molar refractivity (Wildman–Crippen MR) is 46.3 cm³/mol. The van der Waals surface area contributed by atoms with Gasteiger partial charge in [0.15, 0.2) is 0 Å². The molecule has 0 aromatic rings. The Morgan fingerprint density at radius 3 is 2.71 bits per heavy atom. The van der Waals surface area contributed by atoms with Crippen LogP contribution in [0.25, 0.3) is 0 Å². The molecule has 0 heterocycles. The molecule has 0 bridgehead atoms. The van der Waals surface area contributed by atoms with Crippen molar-refractivity contribution in [3.63, 3.8) is 0 Å². The van der Waals surface area contributed by atoms with E-state index in [0.29, 0.717) is 0 Å². The van der Waals surface area contributed by atoms with Gasteiger partial charge in [0.25, 0.3) is 0 Å². The molecular weight excluding hydrogens is 219 g/mol. The topological polar surface area (TPSA) is 0 Å². The number of hydrogen-bond acceptors (Lipinski definition) is 1. The fourth-order valence-corrected chi connectivity index (χ4v) is 1.84. The maximum atomic E-state index is 2.39. The third-order valence-corrected chi connectivity index (χ3v) is 2.77. The molecule has 0 aromatic carbocycles. The molecule has 0 saturated carbocycles. The fourth-order valence-electron chi connectivity index (χ4n) is 0.301. The molecule has 7 heavy (non-hydrogen) atoms. The molecule has 0 aliphatic heterocycles. The maximum Gasteiger partial charge on any atom is 0.0454 e. The number of alkyl halides is 1. The number of unbranched alkanes of at least 4 members (excludes halogenated alkanes) is 1. The number of thioether (sulfide) groups is 1. The van der Waals surface area contributed by atoms with E-state index in [4.69, 9.17) is 0 Å². The summed E-state index contributed by atoms with van der Waals surface area (Å²) < 4.78 is 1.25. The maximum absolute atomic E-state index is 2.39. The van der Waals surface area contributed by atoms with Gasteiger partial charge in [-0.2, -0.15) is 11.8 Å². The molecule has 0 atom stereocenters. The van der Waals surface area contributed by atoms with Crippen LogP contribution in [0, 0.1) is 0 Å². The summed E-state index contributed by atoms with van der Waals surface area (Å²) in [4.78, 5) is 0. The van der Waals surface area contributed by atoms with Crippen LogP contribution in [0.4, 0.5) is 0 Å². The minimum atomic E-state index is 1.25. The summed E-state index contributed by atoms with van der Waals surface area (Å²) in [5.41, 5.74) is 0. The summed E-state index contributed by atoms with van der Waals surface area (Å²) in [5, 5.41) is 0. The lowest BCUT2D eigenvalue weighted by atomic mass is 10.4. The van der Waals surface area contributed by atoms with Crippen molar-refractivity contribution in [3.05, 3.63) is 0 Å². The molecule has 0 N–H and O–H groups in total. The Morgan fingerprint density at radius 1 is 1.57 bits per heavy atom. The lowest BCUT2D eigenvalue weighted by Crippen LogP contribution is -1.74. The first-order valence-corrected chi connectivity index (χ1v) is 5.23. The molecule has 0 unspecified atom stereocenters. The van der Waals surface area contributed by atoms with E-state index in [1.54, 1.807) is 0 Å². The van der Waals surface area contributed by atoms with Crippen molar-refractivity contribution in [2.45, 2.75) is 19.8 Å². The predicted octanol–water partition coefficient (Wildman–Crippen LogP) is 2.91. The highest BCUT2D eigenvalue weighted by Gasteiger charge is 1.80. The van der Waals surface area contributed by atoms with Gasteiger partial charge in [-0.15, -0.1) is 0 Å². The molecule has 44 valence electrons. The van der Waals surface area contributed by atoms with Crippen LogP contribution in [-0.2, 0) is 0 Å². The van der Waals surface area contributed by atoms with Crippen molar-refractivity contribution >= 4 is 34.4 Å². The lowest BCUT2D eigenvalue weighted by Gasteiger charge is -1.90. The summed E-state index contributed by atoms with van der Waals surface area (Å²) in [6.07, 6.45) is 2.72. The standard InChI is InChI=1S/C5H11IS/c1-2-3-4-7-5-6/h2-5H2,1H3. The molecule has 0 fully saturated rings. The van der Waals surface area contributed by atoms with Crippen LogP contribution < -0.4 is 0 Å². The van der Waals surface area contributed by atoms with Crippen molar-refractivity contribution in [3.8, 4) is 0 Å². The first-order valence-electron chi connectivity index (χ1n) is 2.55. The Kier molecular flexibility index (Phi) is 8.17. The van der Waals surface area contributed by atoms with Gasteiger partial charge in [-0.25, -0.2) is 0 Å². The van der Waals surface area contributed by atoms with Crippen LogP contribution in [0.5, 0.6) is 0 Å². The number of halogens is 1. The molecule has 0 radical (unpaired) electrons. The number of hydrogen-bond donors (Lipinski definition) is 0. The highest BCUT2D eigenvalue weighted by Crippen LogP contribution is 2.06. The van der Waals surface area contributed by atoms with Gasteiger partial charge in [-0.05, 0) is 12.2 Å². The minimum Gasteiger partial charge on any atom is -0.151 e. The van der Waals surface area contributed by atoms with Crippen LogP contribution >= 0.6 is 34.4 Å². The van der Waals surface area contributed by atoms with Crippen LogP contribution in [0.3, 0.4) is 0 Å². The Bertz CT molecular complexity index is 27.3. The quantitative estimate of drug-likeness (QED) is 0.406. The normalized spacial score (nSPS) is 9.43. The zero-order chi connectivity index (χ0) is 5.54. The molecule has 2 heteroatoms. The largest absolute Gasteiger partial charge is 0.151 e. The van der Waals surface area contributed by atoms with E-state index < -0.39 is 0 Å². The van der Waals surface area contributed by atoms with Gasteiger partial charge in [0.05, 0.1) is 0 Å². The van der Waals surface area contributed by atoms with E-state index in [-0.39, 0.29) is 0 Å².